The van der Waals surface area contributed by atoms with Crippen LogP contribution in [0.5, 0.6) is 0 Å². The van der Waals surface area contributed by atoms with Gasteiger partial charge in [-0.05, 0) is 18.2 Å². The van der Waals surface area contributed by atoms with Gasteiger partial charge in [-0.25, -0.2) is 4.98 Å². The Morgan fingerprint density at radius 1 is 0.750 bits per heavy atom. The maximum Gasteiger partial charge on any atom is 0.268 e. The Balaban J connectivity index is 1.78. The Morgan fingerprint density at radius 3 is 2.21 bits per heavy atom. The quantitative estimate of drug-likeness (QED) is 0.416. The molecule has 4 heteroatoms. The first kappa shape index (κ1) is 15.2. The van der Waals surface area contributed by atoms with Gasteiger partial charge >= 0.3 is 0 Å². The molecule has 0 aliphatic rings. The zero-order valence-electron chi connectivity index (χ0n) is 14.8. The van der Waals surface area contributed by atoms with Crippen molar-refractivity contribution in [3.8, 4) is 22.7 Å². The van der Waals surface area contributed by atoms with Crippen molar-refractivity contribution in [1.82, 2.24) is 9.38 Å². The lowest BCUT2D eigenvalue weighted by Crippen LogP contribution is -2.13. The SMILES string of the molecule is O=c1c2cc(-c3ccccc3)oc2c2cccc3nc(-c4ccccc4)n1c32. The molecule has 0 fully saturated rings. The molecule has 0 aliphatic heterocycles. The highest BCUT2D eigenvalue weighted by molar-refractivity contribution is 6.09. The second kappa shape index (κ2) is 5.54. The van der Waals surface area contributed by atoms with Crippen LogP contribution >= 0.6 is 0 Å². The number of nitrogens with zero attached hydrogens (tertiary/aromatic N) is 2. The molecule has 0 unspecified atom stereocenters. The number of rotatable bonds is 2. The van der Waals surface area contributed by atoms with Crippen LogP contribution in [0.15, 0.2) is 94.1 Å². The minimum absolute atomic E-state index is 0.110. The van der Waals surface area contributed by atoms with Gasteiger partial charge in [0.2, 0.25) is 0 Å². The van der Waals surface area contributed by atoms with Gasteiger partial charge in [0.15, 0.2) is 0 Å². The van der Waals surface area contributed by atoms with Crippen molar-refractivity contribution in [2.75, 3.05) is 0 Å². The molecular formula is C24H14N2O2. The van der Waals surface area contributed by atoms with Crippen LogP contribution < -0.4 is 5.56 Å². The van der Waals surface area contributed by atoms with Crippen LogP contribution in [-0.4, -0.2) is 9.38 Å². The fourth-order valence-electron chi connectivity index (χ4n) is 3.90. The van der Waals surface area contributed by atoms with E-state index in [1.807, 2.05) is 84.9 Å². The van der Waals surface area contributed by atoms with Crippen LogP contribution in [0.4, 0.5) is 0 Å². The number of hydrogen-bond acceptors (Lipinski definition) is 3. The summed E-state index contributed by atoms with van der Waals surface area (Å²) in [7, 11) is 0. The number of para-hydroxylation sites is 1. The highest BCUT2D eigenvalue weighted by atomic mass is 16.3. The number of furan rings is 1. The molecule has 6 aromatic rings. The van der Waals surface area contributed by atoms with E-state index in [2.05, 4.69) is 0 Å². The molecule has 0 atom stereocenters. The fourth-order valence-corrected chi connectivity index (χ4v) is 3.90. The van der Waals surface area contributed by atoms with E-state index in [4.69, 9.17) is 9.40 Å². The topological polar surface area (TPSA) is 47.5 Å². The summed E-state index contributed by atoms with van der Waals surface area (Å²) in [5.74, 6) is 1.34. The molecule has 3 heterocycles. The summed E-state index contributed by atoms with van der Waals surface area (Å²) in [4.78, 5) is 18.2. The first-order valence-corrected chi connectivity index (χ1v) is 9.12. The summed E-state index contributed by atoms with van der Waals surface area (Å²) < 4.78 is 7.88. The Morgan fingerprint density at radius 2 is 1.46 bits per heavy atom. The Bertz CT molecular complexity index is 1510. The van der Waals surface area contributed by atoms with E-state index in [1.54, 1.807) is 4.40 Å². The van der Waals surface area contributed by atoms with Crippen LogP contribution in [0.25, 0.3) is 50.1 Å². The van der Waals surface area contributed by atoms with Gasteiger partial charge in [0.25, 0.3) is 5.56 Å². The molecule has 0 aliphatic carbocycles. The van der Waals surface area contributed by atoms with Gasteiger partial charge in [0, 0.05) is 16.5 Å². The lowest BCUT2D eigenvalue weighted by Gasteiger charge is -2.03. The number of benzene rings is 3. The zero-order chi connectivity index (χ0) is 18.7. The second-order valence-corrected chi connectivity index (χ2v) is 6.83. The van der Waals surface area contributed by atoms with Crippen molar-refractivity contribution < 1.29 is 4.42 Å². The van der Waals surface area contributed by atoms with Gasteiger partial charge in [-0.2, -0.15) is 0 Å². The van der Waals surface area contributed by atoms with Crippen LogP contribution in [-0.2, 0) is 0 Å². The maximum atomic E-state index is 13.5. The number of aromatic nitrogens is 2. The van der Waals surface area contributed by atoms with E-state index < -0.39 is 0 Å². The Hall–Kier alpha value is -3.92. The van der Waals surface area contributed by atoms with Crippen LogP contribution in [0.1, 0.15) is 0 Å². The molecule has 3 aromatic carbocycles. The molecule has 0 saturated heterocycles. The van der Waals surface area contributed by atoms with Crippen molar-refractivity contribution in [2.24, 2.45) is 0 Å². The predicted octanol–water partition coefficient (Wildman–Crippen LogP) is 5.37. The molecule has 0 spiro atoms. The number of pyridine rings is 1. The molecule has 0 N–H and O–H groups in total. The van der Waals surface area contributed by atoms with Crippen LogP contribution in [0.2, 0.25) is 0 Å². The number of imidazole rings is 1. The van der Waals surface area contributed by atoms with E-state index in [-0.39, 0.29) is 5.56 Å². The van der Waals surface area contributed by atoms with Gasteiger partial charge in [-0.3, -0.25) is 9.20 Å². The molecule has 132 valence electrons. The largest absolute Gasteiger partial charge is 0.455 e. The molecule has 0 saturated carbocycles. The normalized spacial score (nSPS) is 11.7. The van der Waals surface area contributed by atoms with Crippen molar-refractivity contribution in [2.45, 2.75) is 0 Å². The van der Waals surface area contributed by atoms with E-state index in [0.29, 0.717) is 22.6 Å². The summed E-state index contributed by atoms with van der Waals surface area (Å²) in [5, 5.41) is 1.46. The minimum atomic E-state index is -0.110. The van der Waals surface area contributed by atoms with Gasteiger partial charge in [0.1, 0.15) is 17.2 Å². The first-order chi connectivity index (χ1) is 13.8. The summed E-state index contributed by atoms with van der Waals surface area (Å²) >= 11 is 0. The van der Waals surface area contributed by atoms with Crippen molar-refractivity contribution in [3.05, 3.63) is 95.3 Å². The van der Waals surface area contributed by atoms with E-state index in [0.717, 1.165) is 27.5 Å². The maximum absolute atomic E-state index is 13.5. The first-order valence-electron chi connectivity index (χ1n) is 9.12. The zero-order valence-corrected chi connectivity index (χ0v) is 14.8. The average Bonchev–Trinajstić information content (AvgIpc) is 3.37. The van der Waals surface area contributed by atoms with Crippen molar-refractivity contribution in [3.63, 3.8) is 0 Å². The van der Waals surface area contributed by atoms with Gasteiger partial charge < -0.3 is 4.42 Å². The summed E-state index contributed by atoms with van der Waals surface area (Å²) in [6, 6.07) is 27.3. The van der Waals surface area contributed by atoms with Crippen LogP contribution in [0, 0.1) is 0 Å². The molecule has 0 amide bonds. The van der Waals surface area contributed by atoms with E-state index in [9.17, 15) is 4.79 Å². The van der Waals surface area contributed by atoms with Gasteiger partial charge in [-0.1, -0.05) is 66.7 Å². The molecule has 28 heavy (non-hydrogen) atoms. The summed E-state index contributed by atoms with van der Waals surface area (Å²) in [5.41, 5.74) is 3.94. The Labute approximate surface area is 159 Å². The van der Waals surface area contributed by atoms with Crippen molar-refractivity contribution >= 4 is 27.4 Å². The third-order valence-corrected chi connectivity index (χ3v) is 5.18. The summed E-state index contributed by atoms with van der Waals surface area (Å²) in [6.45, 7) is 0. The second-order valence-electron chi connectivity index (χ2n) is 6.83. The third kappa shape index (κ3) is 2.00. The lowest BCUT2D eigenvalue weighted by atomic mass is 10.1. The highest BCUT2D eigenvalue weighted by Crippen LogP contribution is 2.34. The number of hydrogen-bond donors (Lipinski definition) is 0. The lowest BCUT2D eigenvalue weighted by molar-refractivity contribution is 0.634. The third-order valence-electron chi connectivity index (χ3n) is 5.18. The molecule has 0 bridgehead atoms. The van der Waals surface area contributed by atoms with Gasteiger partial charge in [0.05, 0.1) is 16.4 Å². The monoisotopic (exact) mass is 362 g/mol. The minimum Gasteiger partial charge on any atom is -0.455 e. The molecule has 0 radical (unpaired) electrons. The van der Waals surface area contributed by atoms with E-state index in [1.165, 1.54) is 0 Å². The van der Waals surface area contributed by atoms with Gasteiger partial charge in [-0.15, -0.1) is 0 Å². The van der Waals surface area contributed by atoms with Crippen molar-refractivity contribution in [1.29, 1.82) is 0 Å². The Kier molecular flexibility index (Phi) is 3.00. The number of fused-ring (bicyclic) bond motifs is 2. The molecule has 4 nitrogen and oxygen atoms in total. The highest BCUT2D eigenvalue weighted by Gasteiger charge is 2.21. The predicted molar refractivity (Wildman–Crippen MR) is 111 cm³/mol. The average molecular weight is 362 g/mol. The molecular weight excluding hydrogens is 348 g/mol. The van der Waals surface area contributed by atoms with Crippen LogP contribution in [0.3, 0.4) is 0 Å². The molecule has 6 rings (SSSR count). The molecule has 3 aromatic heterocycles. The fraction of sp³-hybridized carbons (Fsp3) is 0. The van der Waals surface area contributed by atoms with E-state index >= 15 is 0 Å². The summed E-state index contributed by atoms with van der Waals surface area (Å²) in [6.07, 6.45) is 0. The standard InChI is InChI=1S/C24H14N2O2/c27-24-18-14-20(15-8-3-1-4-9-15)28-22(18)17-12-7-13-19-21(17)26(24)23(25-19)16-10-5-2-6-11-16/h1-14H. The smallest absolute Gasteiger partial charge is 0.268 e.